The van der Waals surface area contributed by atoms with Crippen LogP contribution in [0.25, 0.3) is 0 Å². The summed E-state index contributed by atoms with van der Waals surface area (Å²) in [5.41, 5.74) is 0. The van der Waals surface area contributed by atoms with E-state index in [0.29, 0.717) is 12.8 Å². The molecule has 0 saturated heterocycles. The van der Waals surface area contributed by atoms with E-state index in [4.69, 9.17) is 18.5 Å². The smallest absolute Gasteiger partial charge is 0.462 e. The minimum absolute atomic E-state index is 0.00182. The van der Waals surface area contributed by atoms with Gasteiger partial charge in [0.1, 0.15) is 43.2 Å². The number of aliphatic hydroxyl groups is 3. The highest BCUT2D eigenvalue weighted by molar-refractivity contribution is 7.80. The molecule has 0 aromatic carbocycles. The highest BCUT2D eigenvalue weighted by atomic mass is 32.1. The lowest BCUT2D eigenvalue weighted by atomic mass is 9.85. The van der Waals surface area contributed by atoms with Gasteiger partial charge in [0, 0.05) is 12.8 Å². The van der Waals surface area contributed by atoms with Gasteiger partial charge in [-0.25, -0.2) is 13.7 Å². The van der Waals surface area contributed by atoms with E-state index in [1.807, 2.05) is 0 Å². The SMILES string of the molecule is CCCCCCCCCCCCCCCC(=O)O[C@H](COC(=O)CCCCCCCCCCCS)COP(=O)(O)OC1C(O)[C@H](OP(=O)(O)O)C(OP(=O)(O)O)[C@H](O)[C@@H]1O. The Hall–Kier alpha value is -0.500. The van der Waals surface area contributed by atoms with E-state index in [0.717, 1.165) is 76.4 Å². The van der Waals surface area contributed by atoms with Crippen molar-refractivity contribution in [2.24, 2.45) is 0 Å². The van der Waals surface area contributed by atoms with Gasteiger partial charge in [0.05, 0.1) is 6.61 Å². The number of thiol groups is 1. The van der Waals surface area contributed by atoms with E-state index in [1.165, 1.54) is 57.8 Å². The molecule has 8 atom stereocenters. The van der Waals surface area contributed by atoms with Crippen molar-refractivity contribution >= 4 is 48.0 Å². The van der Waals surface area contributed by atoms with Crippen molar-refractivity contribution in [2.75, 3.05) is 19.0 Å². The third-order valence-corrected chi connectivity index (χ3v) is 12.3. The number of unbranched alkanes of at least 4 members (excludes halogenated alkanes) is 20. The standard InChI is InChI=1S/C37H73O19P3S/c1-2-3-4-5-6-7-8-9-10-12-16-19-22-25-31(39)53-29(27-51-30(38)24-21-18-15-13-11-14-17-20-23-26-60)28-52-59(49,50)56-35-32(40)33(41)36(54-57(43,44)45)37(34(35)42)55-58(46,47)48/h29,32-37,40-42,60H,2-28H2,1H3,(H,49,50)(H2,43,44,45)(H2,46,47,48)/t29-,32+,33-,34?,35?,36?,37+/m1/s1. The molecule has 0 aromatic heterocycles. The van der Waals surface area contributed by atoms with Crippen LogP contribution in [0.2, 0.25) is 0 Å². The Kier molecular flexibility index (Phi) is 30.9. The number of phosphoric acid groups is 3. The number of carbonyl (C=O) groups is 2. The maximum absolute atomic E-state index is 13.0. The zero-order valence-electron chi connectivity index (χ0n) is 35.0. The predicted octanol–water partition coefficient (Wildman–Crippen LogP) is 6.31. The highest BCUT2D eigenvalue weighted by Gasteiger charge is 2.56. The predicted molar refractivity (Wildman–Crippen MR) is 224 cm³/mol. The molecular formula is C37H73O19P3S. The molecule has 60 heavy (non-hydrogen) atoms. The molecule has 4 unspecified atom stereocenters. The normalized spacial score (nSPS) is 22.6. The summed E-state index contributed by atoms with van der Waals surface area (Å²) in [4.78, 5) is 72.8. The Labute approximate surface area is 360 Å². The van der Waals surface area contributed by atoms with Crippen LogP contribution in [0.5, 0.6) is 0 Å². The third kappa shape index (κ3) is 28.3. The first-order valence-corrected chi connectivity index (χ1v) is 26.6. The number of carbonyl (C=O) groups excluding carboxylic acids is 2. The molecule has 0 bridgehead atoms. The minimum Gasteiger partial charge on any atom is -0.462 e. The van der Waals surface area contributed by atoms with Crippen molar-refractivity contribution in [1.82, 2.24) is 0 Å². The zero-order chi connectivity index (χ0) is 45.0. The Morgan fingerprint density at radius 3 is 1.33 bits per heavy atom. The summed E-state index contributed by atoms with van der Waals surface area (Å²) in [5.74, 6) is -0.415. The molecule has 1 aliphatic rings. The van der Waals surface area contributed by atoms with Crippen LogP contribution in [0.3, 0.4) is 0 Å². The van der Waals surface area contributed by atoms with Crippen LogP contribution in [0, 0.1) is 0 Å². The molecule has 0 radical (unpaired) electrons. The first kappa shape index (κ1) is 57.5. The van der Waals surface area contributed by atoms with Crippen LogP contribution in [0.15, 0.2) is 0 Å². The van der Waals surface area contributed by atoms with E-state index in [9.17, 15) is 63.1 Å². The number of aliphatic hydroxyl groups excluding tert-OH is 3. The van der Waals surface area contributed by atoms with Crippen LogP contribution in [0.4, 0.5) is 0 Å². The lowest BCUT2D eigenvalue weighted by Crippen LogP contribution is -2.65. The maximum atomic E-state index is 13.0. The number of hydrogen-bond donors (Lipinski definition) is 9. The van der Waals surface area contributed by atoms with E-state index < -0.39 is 91.3 Å². The van der Waals surface area contributed by atoms with Gasteiger partial charge in [0.25, 0.3) is 0 Å². The minimum atomic E-state index is -5.59. The molecule has 0 heterocycles. The molecule has 0 aromatic rings. The van der Waals surface area contributed by atoms with Gasteiger partial charge < -0.3 is 49.3 Å². The summed E-state index contributed by atoms with van der Waals surface area (Å²) in [5, 5.41) is 31.8. The lowest BCUT2D eigenvalue weighted by molar-refractivity contribution is -0.213. The molecular weight excluding hydrogens is 873 g/mol. The molecule has 0 spiro atoms. The molecule has 1 saturated carbocycles. The molecule has 0 aliphatic heterocycles. The van der Waals surface area contributed by atoms with Gasteiger partial charge in [0.2, 0.25) is 0 Å². The number of rotatable bonds is 37. The number of phosphoric ester groups is 3. The first-order chi connectivity index (χ1) is 28.3. The van der Waals surface area contributed by atoms with Crippen LogP contribution in [-0.4, -0.2) is 113 Å². The summed E-state index contributed by atoms with van der Waals surface area (Å²) < 4.78 is 65.2. The Bertz CT molecular complexity index is 1300. The largest absolute Gasteiger partial charge is 0.472 e. The summed E-state index contributed by atoms with van der Waals surface area (Å²) >= 11 is 4.22. The third-order valence-electron chi connectivity index (χ3n) is 9.97. The summed E-state index contributed by atoms with van der Waals surface area (Å²) in [6, 6.07) is 0. The van der Waals surface area contributed by atoms with Crippen molar-refractivity contribution < 1.29 is 90.6 Å². The molecule has 1 fully saturated rings. The van der Waals surface area contributed by atoms with Gasteiger partial charge in [-0.3, -0.25) is 27.7 Å². The molecule has 0 amide bonds. The molecule has 1 rings (SSSR count). The second kappa shape index (κ2) is 32.2. The number of ether oxygens (including phenoxy) is 2. The van der Waals surface area contributed by atoms with Gasteiger partial charge in [-0.1, -0.05) is 129 Å². The van der Waals surface area contributed by atoms with Crippen LogP contribution < -0.4 is 0 Å². The average molecular weight is 947 g/mol. The second-order valence-corrected chi connectivity index (χ2v) is 19.6. The summed E-state index contributed by atoms with van der Waals surface area (Å²) in [6.45, 7) is 0.723. The molecule has 1 aliphatic carbocycles. The van der Waals surface area contributed by atoms with Gasteiger partial charge in [0.15, 0.2) is 6.10 Å². The quantitative estimate of drug-likeness (QED) is 0.0143. The van der Waals surface area contributed by atoms with Gasteiger partial charge in [-0.15, -0.1) is 0 Å². The van der Waals surface area contributed by atoms with Crippen molar-refractivity contribution in [3.8, 4) is 0 Å². The zero-order valence-corrected chi connectivity index (χ0v) is 38.6. The van der Waals surface area contributed by atoms with E-state index in [1.54, 1.807) is 0 Å². The van der Waals surface area contributed by atoms with Crippen molar-refractivity contribution in [1.29, 1.82) is 0 Å². The monoisotopic (exact) mass is 946 g/mol. The molecule has 23 heteroatoms. The topological polar surface area (TPSA) is 303 Å². The number of hydrogen-bond acceptors (Lipinski definition) is 15. The van der Waals surface area contributed by atoms with Crippen LogP contribution in [0.1, 0.15) is 161 Å². The molecule has 19 nitrogen and oxygen atoms in total. The second-order valence-electron chi connectivity index (χ2n) is 15.4. The fourth-order valence-electron chi connectivity index (χ4n) is 6.74. The van der Waals surface area contributed by atoms with E-state index in [2.05, 4.69) is 28.6 Å². The van der Waals surface area contributed by atoms with Crippen molar-refractivity contribution in [3.63, 3.8) is 0 Å². The van der Waals surface area contributed by atoms with E-state index >= 15 is 0 Å². The molecule has 8 N–H and O–H groups in total. The molecule has 356 valence electrons. The van der Waals surface area contributed by atoms with Crippen molar-refractivity contribution in [2.45, 2.75) is 204 Å². The van der Waals surface area contributed by atoms with Gasteiger partial charge >= 0.3 is 35.4 Å². The highest BCUT2D eigenvalue weighted by Crippen LogP contribution is 2.51. The maximum Gasteiger partial charge on any atom is 0.472 e. The number of esters is 2. The summed E-state index contributed by atoms with van der Waals surface area (Å²) in [7, 11) is -16.6. The van der Waals surface area contributed by atoms with Gasteiger partial charge in [-0.2, -0.15) is 12.6 Å². The first-order valence-electron chi connectivity index (χ1n) is 21.4. The summed E-state index contributed by atoms with van der Waals surface area (Å²) in [6.07, 6.45) is 7.07. The Morgan fingerprint density at radius 1 is 0.517 bits per heavy atom. The average Bonchev–Trinajstić information content (AvgIpc) is 3.16. The van der Waals surface area contributed by atoms with Crippen LogP contribution in [-0.2, 0) is 50.9 Å². The Morgan fingerprint density at radius 2 is 0.900 bits per heavy atom. The fraction of sp³-hybridized carbons (Fsp3) is 0.946. The fourth-order valence-corrected chi connectivity index (χ4v) is 9.06. The lowest BCUT2D eigenvalue weighted by Gasteiger charge is -2.44. The van der Waals surface area contributed by atoms with Gasteiger partial charge in [-0.05, 0) is 25.0 Å². The Balaban J connectivity index is 2.79. The van der Waals surface area contributed by atoms with Crippen molar-refractivity contribution in [3.05, 3.63) is 0 Å². The van der Waals surface area contributed by atoms with E-state index in [-0.39, 0.29) is 12.8 Å². The van der Waals surface area contributed by atoms with Crippen LogP contribution >= 0.6 is 36.1 Å².